The van der Waals surface area contributed by atoms with Crippen molar-refractivity contribution in [1.29, 1.82) is 0 Å². The van der Waals surface area contributed by atoms with E-state index in [0.29, 0.717) is 28.1 Å². The molecule has 1 heterocycles. The number of hydrogen-bond acceptors (Lipinski definition) is 4. The van der Waals surface area contributed by atoms with Gasteiger partial charge in [-0.2, -0.15) is 10.1 Å². The number of anilines is 1. The predicted molar refractivity (Wildman–Crippen MR) is 102 cm³/mol. The highest BCUT2D eigenvalue weighted by atomic mass is 79.9. The number of benzene rings is 2. The molecular formula is C19H17BrN2O3. The van der Waals surface area contributed by atoms with Gasteiger partial charge in [-0.05, 0) is 65.7 Å². The van der Waals surface area contributed by atoms with Crippen LogP contribution in [0.4, 0.5) is 5.69 Å². The highest BCUT2D eigenvalue weighted by molar-refractivity contribution is 9.10. The maximum Gasteiger partial charge on any atom is 0.280 e. The summed E-state index contributed by atoms with van der Waals surface area (Å²) in [5.74, 6) is 0.215. The van der Waals surface area contributed by atoms with E-state index >= 15 is 0 Å². The average molecular weight is 401 g/mol. The molecule has 0 spiro atoms. The molecule has 2 aromatic carbocycles. The number of hydrazone groups is 1. The standard InChI is InChI=1S/C19H17BrN2O3/c1-3-25-17-11-13(10-16(20)18(17)23)9-15-12(2)21-22(19(15)24)14-7-5-4-6-8-14/h4-11,23H,3H2,1-2H3. The molecule has 25 heavy (non-hydrogen) atoms. The lowest BCUT2D eigenvalue weighted by Gasteiger charge is -2.11. The van der Waals surface area contributed by atoms with Gasteiger partial charge >= 0.3 is 0 Å². The van der Waals surface area contributed by atoms with E-state index in [9.17, 15) is 9.90 Å². The third-order valence-electron chi connectivity index (χ3n) is 3.72. The summed E-state index contributed by atoms with van der Waals surface area (Å²) in [5, 5.41) is 15.8. The Morgan fingerprint density at radius 3 is 2.68 bits per heavy atom. The number of para-hydroxylation sites is 1. The Bertz CT molecular complexity index is 876. The van der Waals surface area contributed by atoms with E-state index in [0.717, 1.165) is 11.3 Å². The van der Waals surface area contributed by atoms with Crippen LogP contribution in [0.15, 0.2) is 57.6 Å². The van der Waals surface area contributed by atoms with Crippen LogP contribution in [0.3, 0.4) is 0 Å². The normalized spacial score (nSPS) is 15.6. The van der Waals surface area contributed by atoms with Crippen molar-refractivity contribution in [2.75, 3.05) is 11.6 Å². The molecular weight excluding hydrogens is 384 g/mol. The van der Waals surface area contributed by atoms with Gasteiger partial charge in [-0.3, -0.25) is 4.79 Å². The molecule has 1 aliphatic rings. The minimum Gasteiger partial charge on any atom is -0.503 e. The van der Waals surface area contributed by atoms with Gasteiger partial charge in [0.25, 0.3) is 5.91 Å². The van der Waals surface area contributed by atoms with E-state index in [2.05, 4.69) is 21.0 Å². The van der Waals surface area contributed by atoms with Crippen LogP contribution in [0.25, 0.3) is 6.08 Å². The van der Waals surface area contributed by atoms with Crippen molar-refractivity contribution in [3.8, 4) is 11.5 Å². The number of carbonyl (C=O) groups is 1. The number of ether oxygens (including phenoxy) is 1. The quantitative estimate of drug-likeness (QED) is 0.775. The summed E-state index contributed by atoms with van der Waals surface area (Å²) in [6, 6.07) is 12.7. The number of phenols is 1. The van der Waals surface area contributed by atoms with E-state index in [4.69, 9.17) is 4.74 Å². The van der Waals surface area contributed by atoms with Crippen LogP contribution < -0.4 is 9.75 Å². The second kappa shape index (κ2) is 7.11. The van der Waals surface area contributed by atoms with Gasteiger partial charge in [0, 0.05) is 0 Å². The number of rotatable bonds is 4. The summed E-state index contributed by atoms with van der Waals surface area (Å²) in [6.45, 7) is 4.07. The van der Waals surface area contributed by atoms with E-state index in [-0.39, 0.29) is 11.7 Å². The molecule has 5 nitrogen and oxygen atoms in total. The van der Waals surface area contributed by atoms with Gasteiger partial charge in [0.1, 0.15) is 0 Å². The summed E-state index contributed by atoms with van der Waals surface area (Å²) in [6.07, 6.45) is 1.75. The lowest BCUT2D eigenvalue weighted by atomic mass is 10.1. The van der Waals surface area contributed by atoms with Gasteiger partial charge in [-0.25, -0.2) is 0 Å². The first-order valence-electron chi connectivity index (χ1n) is 7.83. The first-order chi connectivity index (χ1) is 12.0. The summed E-state index contributed by atoms with van der Waals surface area (Å²) < 4.78 is 5.94. The van der Waals surface area contributed by atoms with Crippen molar-refractivity contribution < 1.29 is 14.6 Å². The minimum absolute atomic E-state index is 0.0399. The number of aromatic hydroxyl groups is 1. The van der Waals surface area contributed by atoms with Crippen LogP contribution in [0, 0.1) is 0 Å². The zero-order valence-electron chi connectivity index (χ0n) is 13.9. The van der Waals surface area contributed by atoms with E-state index in [1.165, 1.54) is 5.01 Å². The van der Waals surface area contributed by atoms with E-state index in [1.54, 1.807) is 25.1 Å². The molecule has 0 saturated heterocycles. The fourth-order valence-corrected chi connectivity index (χ4v) is 3.00. The molecule has 0 bridgehead atoms. The van der Waals surface area contributed by atoms with Gasteiger partial charge in [0.05, 0.1) is 28.1 Å². The number of amides is 1. The zero-order chi connectivity index (χ0) is 18.0. The Morgan fingerprint density at radius 1 is 1.28 bits per heavy atom. The van der Waals surface area contributed by atoms with Crippen molar-refractivity contribution in [1.82, 2.24) is 0 Å². The van der Waals surface area contributed by atoms with Crippen molar-refractivity contribution in [3.05, 3.63) is 58.1 Å². The van der Waals surface area contributed by atoms with Crippen molar-refractivity contribution in [2.45, 2.75) is 13.8 Å². The van der Waals surface area contributed by atoms with Gasteiger partial charge in [0.2, 0.25) is 0 Å². The third-order valence-corrected chi connectivity index (χ3v) is 4.33. The second-order valence-corrected chi connectivity index (χ2v) is 6.33. The molecule has 0 atom stereocenters. The molecule has 0 unspecified atom stereocenters. The average Bonchev–Trinajstić information content (AvgIpc) is 2.88. The molecule has 128 valence electrons. The fraction of sp³-hybridized carbons (Fsp3) is 0.158. The van der Waals surface area contributed by atoms with Gasteiger partial charge in [-0.15, -0.1) is 0 Å². The Morgan fingerprint density at radius 2 is 2.00 bits per heavy atom. The fourth-order valence-electron chi connectivity index (χ4n) is 2.54. The molecule has 0 fully saturated rings. The first kappa shape index (κ1) is 17.2. The molecule has 1 aliphatic heterocycles. The molecule has 0 aromatic heterocycles. The number of halogens is 1. The summed E-state index contributed by atoms with van der Waals surface area (Å²) >= 11 is 3.31. The number of phenolic OH excluding ortho intramolecular Hbond substituents is 1. The van der Waals surface area contributed by atoms with E-state index < -0.39 is 0 Å². The SMILES string of the molecule is CCOc1cc(C=C2C(=O)N(c3ccccc3)N=C2C)cc(Br)c1O. The van der Waals surface area contributed by atoms with Crippen LogP contribution in [-0.2, 0) is 4.79 Å². The van der Waals surface area contributed by atoms with Crippen LogP contribution in [-0.4, -0.2) is 23.3 Å². The van der Waals surface area contributed by atoms with Crippen LogP contribution in [0.5, 0.6) is 11.5 Å². The Hall–Kier alpha value is -2.60. The Kier molecular flexibility index (Phi) is 4.90. The third kappa shape index (κ3) is 3.44. The topological polar surface area (TPSA) is 62.1 Å². The monoisotopic (exact) mass is 400 g/mol. The minimum atomic E-state index is -0.189. The molecule has 3 rings (SSSR count). The molecule has 1 amide bonds. The van der Waals surface area contributed by atoms with E-state index in [1.807, 2.05) is 37.3 Å². The molecule has 0 saturated carbocycles. The lowest BCUT2D eigenvalue weighted by Crippen LogP contribution is -2.21. The summed E-state index contributed by atoms with van der Waals surface area (Å²) in [5.41, 5.74) is 2.60. The second-order valence-electron chi connectivity index (χ2n) is 5.48. The highest BCUT2D eigenvalue weighted by Crippen LogP contribution is 2.36. The van der Waals surface area contributed by atoms with Crippen LogP contribution >= 0.6 is 15.9 Å². The molecule has 1 N–H and O–H groups in total. The largest absolute Gasteiger partial charge is 0.503 e. The van der Waals surface area contributed by atoms with Crippen molar-refractivity contribution in [3.63, 3.8) is 0 Å². The zero-order valence-corrected chi connectivity index (χ0v) is 15.4. The lowest BCUT2D eigenvalue weighted by molar-refractivity contribution is -0.114. The number of hydrogen-bond donors (Lipinski definition) is 1. The van der Waals surface area contributed by atoms with Crippen LogP contribution in [0.2, 0.25) is 0 Å². The first-order valence-corrected chi connectivity index (χ1v) is 8.62. The van der Waals surface area contributed by atoms with Gasteiger partial charge in [-0.1, -0.05) is 18.2 Å². The Labute approximate surface area is 154 Å². The van der Waals surface area contributed by atoms with Gasteiger partial charge < -0.3 is 9.84 Å². The highest BCUT2D eigenvalue weighted by Gasteiger charge is 2.28. The summed E-state index contributed by atoms with van der Waals surface area (Å²) in [4.78, 5) is 12.7. The molecule has 0 aliphatic carbocycles. The smallest absolute Gasteiger partial charge is 0.280 e. The predicted octanol–water partition coefficient (Wildman–Crippen LogP) is 4.36. The molecule has 0 radical (unpaired) electrons. The maximum absolute atomic E-state index is 12.7. The van der Waals surface area contributed by atoms with Gasteiger partial charge in [0.15, 0.2) is 11.5 Å². The van der Waals surface area contributed by atoms with Crippen LogP contribution in [0.1, 0.15) is 19.4 Å². The maximum atomic E-state index is 12.7. The summed E-state index contributed by atoms with van der Waals surface area (Å²) in [7, 11) is 0. The number of carbonyl (C=O) groups excluding carboxylic acids is 1. The molecule has 2 aromatic rings. The Balaban J connectivity index is 1.97. The number of nitrogens with zero attached hydrogens (tertiary/aromatic N) is 2. The van der Waals surface area contributed by atoms with Crippen molar-refractivity contribution in [2.24, 2.45) is 5.10 Å². The van der Waals surface area contributed by atoms with Crippen molar-refractivity contribution >= 4 is 39.3 Å². The molecule has 6 heteroatoms.